The normalized spacial score (nSPS) is 10.7. The molecule has 0 bridgehead atoms. The Kier molecular flexibility index (Phi) is 4.25. The fraction of sp³-hybridized carbons (Fsp3) is 0.100. The minimum atomic E-state index is -0.196. The van der Waals surface area contributed by atoms with Crippen LogP contribution in [0.25, 0.3) is 11.0 Å². The predicted octanol–water partition coefficient (Wildman–Crippen LogP) is 3.97. The van der Waals surface area contributed by atoms with Crippen molar-refractivity contribution in [3.8, 4) is 0 Å². The van der Waals surface area contributed by atoms with E-state index in [1.165, 1.54) is 0 Å². The number of carbonyl (C=O) groups excluding carboxylic acids is 1. The molecule has 0 fully saturated rings. The molecule has 4 aromatic rings. The van der Waals surface area contributed by atoms with Gasteiger partial charge in [0.05, 0.1) is 17.4 Å². The lowest BCUT2D eigenvalue weighted by Crippen LogP contribution is -2.12. The fourth-order valence-corrected chi connectivity index (χ4v) is 2.87. The second-order valence-corrected chi connectivity index (χ2v) is 6.27. The molecule has 0 saturated carbocycles. The topological polar surface area (TPSA) is 95.6 Å². The predicted molar refractivity (Wildman–Crippen MR) is 105 cm³/mol. The molecule has 2 heterocycles. The number of aromatic amines is 1. The van der Waals surface area contributed by atoms with E-state index in [1.54, 1.807) is 18.5 Å². The third-order valence-corrected chi connectivity index (χ3v) is 4.04. The van der Waals surface area contributed by atoms with Crippen molar-refractivity contribution in [2.75, 3.05) is 10.6 Å². The van der Waals surface area contributed by atoms with Gasteiger partial charge >= 0.3 is 0 Å². The first-order chi connectivity index (χ1) is 13.1. The molecule has 0 spiro atoms. The van der Waals surface area contributed by atoms with Gasteiger partial charge in [0.1, 0.15) is 0 Å². The van der Waals surface area contributed by atoms with Gasteiger partial charge in [0.25, 0.3) is 5.91 Å². The maximum Gasteiger partial charge on any atom is 0.255 e. The highest BCUT2D eigenvalue weighted by Gasteiger charge is 2.09. The summed E-state index contributed by atoms with van der Waals surface area (Å²) in [6.45, 7) is 3.83. The molecule has 134 valence electrons. The number of nitrogens with one attached hydrogen (secondary N) is 3. The van der Waals surface area contributed by atoms with E-state index in [0.717, 1.165) is 28.1 Å². The number of imidazole rings is 1. The summed E-state index contributed by atoms with van der Waals surface area (Å²) in [5, 5.41) is 6.05. The van der Waals surface area contributed by atoms with E-state index in [9.17, 15) is 4.79 Å². The minimum absolute atomic E-state index is 0.196. The number of carbonyl (C=O) groups is 1. The number of hydrogen-bond acceptors (Lipinski definition) is 5. The van der Waals surface area contributed by atoms with E-state index >= 15 is 0 Å². The van der Waals surface area contributed by atoms with Gasteiger partial charge in [0, 0.05) is 28.3 Å². The first-order valence-electron chi connectivity index (χ1n) is 8.51. The van der Waals surface area contributed by atoms with Crippen molar-refractivity contribution in [1.82, 2.24) is 19.9 Å². The quantitative estimate of drug-likeness (QED) is 0.513. The zero-order valence-electron chi connectivity index (χ0n) is 14.9. The highest BCUT2D eigenvalue weighted by molar-refractivity contribution is 6.05. The lowest BCUT2D eigenvalue weighted by Gasteiger charge is -2.09. The molecule has 0 saturated heterocycles. The Bertz CT molecular complexity index is 1110. The maximum absolute atomic E-state index is 12.6. The van der Waals surface area contributed by atoms with Crippen molar-refractivity contribution in [3.63, 3.8) is 0 Å². The molecule has 0 aliphatic heterocycles. The number of anilines is 3. The average Bonchev–Trinajstić information content (AvgIpc) is 3.09. The number of rotatable bonds is 4. The number of aryl methyl sites for hydroxylation is 2. The first kappa shape index (κ1) is 16.7. The van der Waals surface area contributed by atoms with Gasteiger partial charge in [-0.2, -0.15) is 0 Å². The van der Waals surface area contributed by atoms with Gasteiger partial charge in [-0.25, -0.2) is 15.0 Å². The van der Waals surface area contributed by atoms with Crippen molar-refractivity contribution in [2.45, 2.75) is 13.8 Å². The Labute approximate surface area is 155 Å². The SMILES string of the molecule is Cc1cc(C)nc(Nc2cccc(C(=O)Nc3ccc4nc[nH]c4c3)c2)n1. The summed E-state index contributed by atoms with van der Waals surface area (Å²) in [6.07, 6.45) is 1.63. The number of hydrogen-bond donors (Lipinski definition) is 3. The highest BCUT2D eigenvalue weighted by atomic mass is 16.1. The maximum atomic E-state index is 12.6. The number of amides is 1. The minimum Gasteiger partial charge on any atom is -0.345 e. The van der Waals surface area contributed by atoms with Crippen molar-refractivity contribution in [1.29, 1.82) is 0 Å². The number of benzene rings is 2. The van der Waals surface area contributed by atoms with E-state index in [-0.39, 0.29) is 5.91 Å². The van der Waals surface area contributed by atoms with Crippen LogP contribution in [0.3, 0.4) is 0 Å². The second kappa shape index (κ2) is 6.87. The lowest BCUT2D eigenvalue weighted by atomic mass is 10.1. The van der Waals surface area contributed by atoms with Crippen molar-refractivity contribution in [2.24, 2.45) is 0 Å². The summed E-state index contributed by atoms with van der Waals surface area (Å²) in [5.74, 6) is 0.314. The molecule has 1 amide bonds. The van der Waals surface area contributed by atoms with Gasteiger partial charge in [-0.15, -0.1) is 0 Å². The first-order valence-corrected chi connectivity index (χ1v) is 8.51. The summed E-state index contributed by atoms with van der Waals surface area (Å²) < 4.78 is 0. The second-order valence-electron chi connectivity index (χ2n) is 6.27. The highest BCUT2D eigenvalue weighted by Crippen LogP contribution is 2.19. The van der Waals surface area contributed by atoms with Crippen molar-refractivity contribution >= 4 is 34.3 Å². The molecule has 2 aromatic heterocycles. The molecule has 0 unspecified atom stereocenters. The van der Waals surface area contributed by atoms with E-state index in [1.807, 2.05) is 50.2 Å². The molecule has 2 aromatic carbocycles. The summed E-state index contributed by atoms with van der Waals surface area (Å²) in [4.78, 5) is 28.5. The van der Waals surface area contributed by atoms with Crippen LogP contribution in [0.4, 0.5) is 17.3 Å². The van der Waals surface area contributed by atoms with E-state index in [2.05, 4.69) is 30.6 Å². The van der Waals surface area contributed by atoms with Gasteiger partial charge in [-0.3, -0.25) is 4.79 Å². The molecule has 7 nitrogen and oxygen atoms in total. The van der Waals surface area contributed by atoms with E-state index in [0.29, 0.717) is 17.2 Å². The van der Waals surface area contributed by atoms with Crippen LogP contribution in [0.15, 0.2) is 54.9 Å². The molecule has 7 heteroatoms. The third kappa shape index (κ3) is 3.77. The largest absolute Gasteiger partial charge is 0.345 e. The van der Waals surface area contributed by atoms with Crippen LogP contribution in [0.5, 0.6) is 0 Å². The summed E-state index contributed by atoms with van der Waals surface area (Å²) in [7, 11) is 0. The van der Waals surface area contributed by atoms with Gasteiger partial charge in [-0.1, -0.05) is 6.07 Å². The Morgan fingerprint density at radius 1 is 0.963 bits per heavy atom. The molecule has 0 aliphatic rings. The fourth-order valence-electron chi connectivity index (χ4n) is 2.87. The van der Waals surface area contributed by atoms with E-state index in [4.69, 9.17) is 0 Å². The number of aromatic nitrogens is 4. The Balaban J connectivity index is 1.53. The molecular weight excluding hydrogens is 340 g/mol. The molecule has 4 rings (SSSR count). The van der Waals surface area contributed by atoms with Crippen molar-refractivity contribution < 1.29 is 4.79 Å². The third-order valence-electron chi connectivity index (χ3n) is 4.04. The van der Waals surface area contributed by atoms with Crippen LogP contribution in [-0.2, 0) is 0 Å². The number of nitrogens with zero attached hydrogens (tertiary/aromatic N) is 3. The molecule has 27 heavy (non-hydrogen) atoms. The zero-order valence-corrected chi connectivity index (χ0v) is 14.9. The van der Waals surface area contributed by atoms with Gasteiger partial charge in [0.2, 0.25) is 5.95 Å². The van der Waals surface area contributed by atoms with Crippen molar-refractivity contribution in [3.05, 3.63) is 71.8 Å². The monoisotopic (exact) mass is 358 g/mol. The van der Waals surface area contributed by atoms with E-state index < -0.39 is 0 Å². The summed E-state index contributed by atoms with van der Waals surface area (Å²) in [5.41, 5.74) is 5.47. The standard InChI is InChI=1S/C20H18N6O/c1-12-8-13(2)24-20(23-12)26-15-5-3-4-14(9-15)19(27)25-16-6-7-17-18(10-16)22-11-21-17/h3-11H,1-2H3,(H,21,22)(H,25,27)(H,23,24,26). The van der Waals surface area contributed by atoms with Crippen LogP contribution >= 0.6 is 0 Å². The molecule has 0 aliphatic carbocycles. The smallest absolute Gasteiger partial charge is 0.255 e. The van der Waals surface area contributed by atoms with Crippen LogP contribution in [0, 0.1) is 13.8 Å². The van der Waals surface area contributed by atoms with Gasteiger partial charge in [-0.05, 0) is 56.3 Å². The molecule has 0 radical (unpaired) electrons. The molecule has 0 atom stereocenters. The number of fused-ring (bicyclic) bond motifs is 1. The average molecular weight is 358 g/mol. The van der Waals surface area contributed by atoms with Gasteiger partial charge < -0.3 is 15.6 Å². The number of H-pyrrole nitrogens is 1. The van der Waals surface area contributed by atoms with Crippen LogP contribution < -0.4 is 10.6 Å². The Morgan fingerprint density at radius 3 is 2.59 bits per heavy atom. The van der Waals surface area contributed by atoms with Crippen LogP contribution in [-0.4, -0.2) is 25.8 Å². The molecule has 3 N–H and O–H groups in total. The lowest BCUT2D eigenvalue weighted by molar-refractivity contribution is 0.102. The summed E-state index contributed by atoms with van der Waals surface area (Å²) in [6, 6.07) is 14.7. The molecular formula is C20H18N6O. The zero-order chi connectivity index (χ0) is 18.8. The van der Waals surface area contributed by atoms with Gasteiger partial charge in [0.15, 0.2) is 0 Å². The Hall–Kier alpha value is -3.74. The summed E-state index contributed by atoms with van der Waals surface area (Å²) >= 11 is 0. The van der Waals surface area contributed by atoms with Crippen LogP contribution in [0.2, 0.25) is 0 Å². The Morgan fingerprint density at radius 2 is 1.78 bits per heavy atom. The van der Waals surface area contributed by atoms with Crippen LogP contribution in [0.1, 0.15) is 21.7 Å².